The fourth-order valence-electron chi connectivity index (χ4n) is 1.69. The molecule has 1 aliphatic heterocycles. The minimum absolute atomic E-state index is 0.0536. The number of methoxy groups -OCH3 is 1. The second-order valence-corrected chi connectivity index (χ2v) is 4.43. The van der Waals surface area contributed by atoms with Crippen LogP contribution in [0.3, 0.4) is 0 Å². The highest BCUT2D eigenvalue weighted by Crippen LogP contribution is 2.10. The van der Waals surface area contributed by atoms with Crippen molar-refractivity contribution in [2.75, 3.05) is 26.9 Å². The molecule has 0 aliphatic carbocycles. The fraction of sp³-hybridized carbons (Fsp3) is 0.750. The SMILES string of the molecule is COCC(=O)NN=C(C)CC(=O)NCC1CCCO1. The summed E-state index contributed by atoms with van der Waals surface area (Å²) in [5.74, 6) is -0.473. The number of carbonyl (C=O) groups excluding carboxylic acids is 2. The molecular weight excluding hydrogens is 250 g/mol. The smallest absolute Gasteiger partial charge is 0.266 e. The van der Waals surface area contributed by atoms with Gasteiger partial charge in [-0.2, -0.15) is 5.10 Å². The molecule has 1 fully saturated rings. The highest BCUT2D eigenvalue weighted by Gasteiger charge is 2.16. The van der Waals surface area contributed by atoms with E-state index >= 15 is 0 Å². The molecule has 1 aliphatic rings. The number of nitrogens with one attached hydrogen (secondary N) is 2. The average molecular weight is 271 g/mol. The molecule has 1 rings (SSSR count). The Kier molecular flexibility index (Phi) is 7.06. The van der Waals surface area contributed by atoms with Crippen LogP contribution in [0.15, 0.2) is 5.10 Å². The molecule has 1 unspecified atom stereocenters. The van der Waals surface area contributed by atoms with Crippen molar-refractivity contribution in [3.63, 3.8) is 0 Å². The molecule has 1 heterocycles. The molecule has 0 aromatic carbocycles. The topological polar surface area (TPSA) is 89.0 Å². The van der Waals surface area contributed by atoms with Gasteiger partial charge in [0.25, 0.3) is 5.91 Å². The van der Waals surface area contributed by atoms with Crippen molar-refractivity contribution in [2.45, 2.75) is 32.3 Å². The number of hydrogen-bond acceptors (Lipinski definition) is 5. The van der Waals surface area contributed by atoms with Crippen LogP contribution in [0.25, 0.3) is 0 Å². The Labute approximate surface area is 112 Å². The van der Waals surface area contributed by atoms with Gasteiger partial charge in [-0.05, 0) is 19.8 Å². The highest BCUT2D eigenvalue weighted by atomic mass is 16.5. The maximum Gasteiger partial charge on any atom is 0.266 e. The molecule has 108 valence electrons. The molecule has 0 aromatic heterocycles. The van der Waals surface area contributed by atoms with Crippen LogP contribution in [0.4, 0.5) is 0 Å². The summed E-state index contributed by atoms with van der Waals surface area (Å²) in [7, 11) is 1.43. The van der Waals surface area contributed by atoms with Crippen molar-refractivity contribution in [3.05, 3.63) is 0 Å². The van der Waals surface area contributed by atoms with Gasteiger partial charge < -0.3 is 14.8 Å². The third kappa shape index (κ3) is 6.88. The van der Waals surface area contributed by atoms with Gasteiger partial charge in [0.1, 0.15) is 6.61 Å². The zero-order valence-electron chi connectivity index (χ0n) is 11.4. The molecule has 7 heteroatoms. The van der Waals surface area contributed by atoms with Gasteiger partial charge in [0.05, 0.1) is 12.5 Å². The lowest BCUT2D eigenvalue weighted by atomic mass is 10.2. The van der Waals surface area contributed by atoms with Gasteiger partial charge in [0.15, 0.2) is 0 Å². The molecule has 0 radical (unpaired) electrons. The third-order valence-corrected chi connectivity index (χ3v) is 2.61. The largest absolute Gasteiger partial charge is 0.376 e. The Morgan fingerprint density at radius 3 is 2.84 bits per heavy atom. The average Bonchev–Trinajstić information content (AvgIpc) is 2.87. The van der Waals surface area contributed by atoms with E-state index in [1.807, 2.05) is 0 Å². The summed E-state index contributed by atoms with van der Waals surface area (Å²) in [5, 5.41) is 6.59. The maximum absolute atomic E-state index is 11.6. The van der Waals surface area contributed by atoms with E-state index in [4.69, 9.17) is 4.74 Å². The number of rotatable bonds is 7. The standard InChI is InChI=1S/C12H21N3O4/c1-9(14-15-12(17)8-18-2)6-11(16)13-7-10-4-3-5-19-10/h10H,3-8H2,1-2H3,(H,13,16)(H,15,17). The molecule has 0 spiro atoms. The minimum Gasteiger partial charge on any atom is -0.376 e. The van der Waals surface area contributed by atoms with E-state index in [-0.39, 0.29) is 30.9 Å². The number of hydrazone groups is 1. The molecular formula is C12H21N3O4. The molecule has 19 heavy (non-hydrogen) atoms. The lowest BCUT2D eigenvalue weighted by Crippen LogP contribution is -2.33. The van der Waals surface area contributed by atoms with Crippen molar-refractivity contribution in [1.29, 1.82) is 0 Å². The van der Waals surface area contributed by atoms with Gasteiger partial charge in [-0.25, -0.2) is 5.43 Å². The first kappa shape index (κ1) is 15.6. The predicted molar refractivity (Wildman–Crippen MR) is 69.7 cm³/mol. The monoisotopic (exact) mass is 271 g/mol. The van der Waals surface area contributed by atoms with Crippen LogP contribution in [0, 0.1) is 0 Å². The molecule has 2 N–H and O–H groups in total. The number of nitrogens with zero attached hydrogens (tertiary/aromatic N) is 1. The van der Waals surface area contributed by atoms with Crippen LogP contribution in [0.1, 0.15) is 26.2 Å². The van der Waals surface area contributed by atoms with Gasteiger partial charge in [0, 0.05) is 26.0 Å². The molecule has 7 nitrogen and oxygen atoms in total. The fourth-order valence-corrected chi connectivity index (χ4v) is 1.69. The van der Waals surface area contributed by atoms with Crippen molar-refractivity contribution >= 4 is 17.5 Å². The van der Waals surface area contributed by atoms with Gasteiger partial charge in [0.2, 0.25) is 5.91 Å². The summed E-state index contributed by atoms with van der Waals surface area (Å²) in [6.07, 6.45) is 2.31. The van der Waals surface area contributed by atoms with E-state index in [2.05, 4.69) is 20.6 Å². The Morgan fingerprint density at radius 1 is 1.42 bits per heavy atom. The van der Waals surface area contributed by atoms with E-state index in [0.717, 1.165) is 19.4 Å². The van der Waals surface area contributed by atoms with E-state index in [1.54, 1.807) is 6.92 Å². The molecule has 0 saturated carbocycles. The van der Waals surface area contributed by atoms with Crippen LogP contribution >= 0.6 is 0 Å². The summed E-state index contributed by atoms with van der Waals surface area (Å²) in [4.78, 5) is 22.7. The van der Waals surface area contributed by atoms with Crippen molar-refractivity contribution in [3.8, 4) is 0 Å². The van der Waals surface area contributed by atoms with Gasteiger partial charge in [-0.15, -0.1) is 0 Å². The Balaban J connectivity index is 2.18. The molecule has 0 bridgehead atoms. The first-order valence-corrected chi connectivity index (χ1v) is 6.31. The Bertz CT molecular complexity index is 338. The summed E-state index contributed by atoms with van der Waals surface area (Å²) in [6, 6.07) is 0. The summed E-state index contributed by atoms with van der Waals surface area (Å²) in [6.45, 7) is 2.93. The second kappa shape index (κ2) is 8.60. The van der Waals surface area contributed by atoms with Crippen molar-refractivity contribution in [2.24, 2.45) is 5.10 Å². The lowest BCUT2D eigenvalue weighted by Gasteiger charge is -2.10. The number of hydrogen-bond donors (Lipinski definition) is 2. The molecule has 1 saturated heterocycles. The summed E-state index contributed by atoms with van der Waals surface area (Å²) < 4.78 is 10.0. The van der Waals surface area contributed by atoms with E-state index in [9.17, 15) is 9.59 Å². The van der Waals surface area contributed by atoms with Crippen molar-refractivity contribution < 1.29 is 19.1 Å². The normalized spacial score (nSPS) is 19.3. The maximum atomic E-state index is 11.6. The Hall–Kier alpha value is -1.47. The number of ether oxygens (including phenoxy) is 2. The molecule has 1 atom stereocenters. The van der Waals surface area contributed by atoms with Crippen LogP contribution in [0.2, 0.25) is 0 Å². The van der Waals surface area contributed by atoms with Crippen LogP contribution in [0.5, 0.6) is 0 Å². The van der Waals surface area contributed by atoms with Crippen LogP contribution < -0.4 is 10.7 Å². The van der Waals surface area contributed by atoms with Crippen LogP contribution in [-0.4, -0.2) is 50.5 Å². The first-order valence-electron chi connectivity index (χ1n) is 6.31. The lowest BCUT2D eigenvalue weighted by molar-refractivity contribution is -0.125. The Morgan fingerprint density at radius 2 is 2.21 bits per heavy atom. The van der Waals surface area contributed by atoms with Crippen molar-refractivity contribution in [1.82, 2.24) is 10.7 Å². The molecule has 2 amide bonds. The third-order valence-electron chi connectivity index (χ3n) is 2.61. The summed E-state index contributed by atoms with van der Waals surface area (Å²) in [5.41, 5.74) is 2.84. The zero-order valence-corrected chi connectivity index (χ0v) is 11.4. The van der Waals surface area contributed by atoms with Crippen LogP contribution in [-0.2, 0) is 19.1 Å². The van der Waals surface area contributed by atoms with E-state index in [1.165, 1.54) is 7.11 Å². The zero-order chi connectivity index (χ0) is 14.1. The first-order chi connectivity index (χ1) is 9.11. The predicted octanol–water partition coefficient (Wildman–Crippen LogP) is -0.190. The van der Waals surface area contributed by atoms with E-state index < -0.39 is 0 Å². The molecule has 0 aromatic rings. The quantitative estimate of drug-likeness (QED) is 0.496. The summed E-state index contributed by atoms with van der Waals surface area (Å²) >= 11 is 0. The van der Waals surface area contributed by atoms with Gasteiger partial charge in [-0.1, -0.05) is 0 Å². The van der Waals surface area contributed by atoms with Gasteiger partial charge >= 0.3 is 0 Å². The second-order valence-electron chi connectivity index (χ2n) is 4.43. The van der Waals surface area contributed by atoms with Gasteiger partial charge in [-0.3, -0.25) is 9.59 Å². The highest BCUT2D eigenvalue weighted by molar-refractivity contribution is 6.00. The van der Waals surface area contributed by atoms with E-state index in [0.29, 0.717) is 12.3 Å². The minimum atomic E-state index is -0.346. The number of amides is 2. The number of carbonyl (C=O) groups is 2.